The van der Waals surface area contributed by atoms with Crippen molar-refractivity contribution >= 4 is 18.2 Å². The van der Waals surface area contributed by atoms with Gasteiger partial charge >= 0.3 is 7.12 Å². The van der Waals surface area contributed by atoms with Gasteiger partial charge in [-0.15, -0.1) is 0 Å². The average Bonchev–Trinajstić information content (AvgIpc) is 2.73. The lowest BCUT2D eigenvalue weighted by Crippen LogP contribution is -2.30. The van der Waals surface area contributed by atoms with Crippen LogP contribution in [0.1, 0.15) is 51.2 Å². The molecule has 0 amide bonds. The summed E-state index contributed by atoms with van der Waals surface area (Å²) in [6, 6.07) is 13.4. The van der Waals surface area contributed by atoms with Crippen molar-refractivity contribution in [2.24, 2.45) is 0 Å². The van der Waals surface area contributed by atoms with Crippen LogP contribution in [-0.2, 0) is 0 Å². The van der Waals surface area contributed by atoms with Gasteiger partial charge < -0.3 is 19.5 Å². The lowest BCUT2D eigenvalue weighted by Gasteiger charge is -2.22. The minimum atomic E-state index is -1.53. The highest BCUT2D eigenvalue weighted by atomic mass is 16.5. The molecule has 0 radical (unpaired) electrons. The molecule has 0 saturated carbocycles. The third kappa shape index (κ3) is 5.88. The number of ether oxygens (including phenoxy) is 2. The largest absolute Gasteiger partial charge is 0.497 e. The molecule has 4 nitrogen and oxygen atoms in total. The highest BCUT2D eigenvalue weighted by molar-refractivity contribution is 6.58. The summed E-state index contributed by atoms with van der Waals surface area (Å²) in [4.78, 5) is 0. The zero-order valence-corrected chi connectivity index (χ0v) is 17.2. The van der Waals surface area contributed by atoms with Gasteiger partial charge in [-0.1, -0.05) is 45.0 Å². The second-order valence-electron chi connectivity index (χ2n) is 5.85. The number of hydrogen-bond donors (Lipinski definition) is 2. The molecule has 1 atom stereocenters. The quantitative estimate of drug-likeness (QED) is 0.723. The third-order valence-corrected chi connectivity index (χ3v) is 4.41. The van der Waals surface area contributed by atoms with Crippen LogP contribution < -0.4 is 14.9 Å². The van der Waals surface area contributed by atoms with E-state index >= 15 is 0 Å². The molecule has 1 unspecified atom stereocenters. The summed E-state index contributed by atoms with van der Waals surface area (Å²) in [5.74, 6) is 1.55. The molecule has 0 fully saturated rings. The van der Waals surface area contributed by atoms with Crippen molar-refractivity contribution in [2.75, 3.05) is 14.2 Å². The van der Waals surface area contributed by atoms with Crippen molar-refractivity contribution in [3.63, 3.8) is 0 Å². The van der Waals surface area contributed by atoms with E-state index in [1.54, 1.807) is 20.3 Å². The topological polar surface area (TPSA) is 58.9 Å². The van der Waals surface area contributed by atoms with Crippen molar-refractivity contribution in [3.05, 3.63) is 59.7 Å². The van der Waals surface area contributed by atoms with Crippen LogP contribution in [0.3, 0.4) is 0 Å². The number of methoxy groups -OCH3 is 2. The van der Waals surface area contributed by atoms with Crippen LogP contribution in [0.15, 0.2) is 48.5 Å². The van der Waals surface area contributed by atoms with E-state index in [4.69, 9.17) is 9.47 Å². The Kier molecular flexibility index (Phi) is 9.69. The van der Waals surface area contributed by atoms with Crippen LogP contribution >= 0.6 is 0 Å². The summed E-state index contributed by atoms with van der Waals surface area (Å²) < 4.78 is 10.6. The number of rotatable bonds is 7. The predicted octanol–water partition coefficient (Wildman–Crippen LogP) is 4.01. The van der Waals surface area contributed by atoms with E-state index in [0.717, 1.165) is 23.3 Å². The van der Waals surface area contributed by atoms with Gasteiger partial charge in [0.25, 0.3) is 0 Å². The van der Waals surface area contributed by atoms with Gasteiger partial charge in [-0.3, -0.25) is 0 Å². The Hall–Kier alpha value is -2.24. The van der Waals surface area contributed by atoms with Crippen LogP contribution in [0.5, 0.6) is 11.5 Å². The summed E-state index contributed by atoms with van der Waals surface area (Å²) >= 11 is 0. The summed E-state index contributed by atoms with van der Waals surface area (Å²) in [5.41, 5.74) is 3.72. The standard InChI is InChI=1S/C20H25BO4.C2H6/c1-5-19(14-7-9-17(24-3)10-8-14)20(6-2)15-11-16(21(22)23)13-18(12-15)25-4;1-2/h5,7-13,20,22-23H,6H2,1-4H3;1-2H3/b19-5-;. The van der Waals surface area contributed by atoms with E-state index in [1.807, 2.05) is 57.2 Å². The molecule has 0 heterocycles. The van der Waals surface area contributed by atoms with Gasteiger partial charge in [-0.2, -0.15) is 0 Å². The number of benzene rings is 2. The van der Waals surface area contributed by atoms with Crippen LogP contribution in [-0.4, -0.2) is 31.4 Å². The molecule has 0 aliphatic carbocycles. The van der Waals surface area contributed by atoms with Crippen molar-refractivity contribution in [2.45, 2.75) is 40.0 Å². The molecule has 5 heteroatoms. The van der Waals surface area contributed by atoms with Gasteiger partial charge in [-0.25, -0.2) is 0 Å². The minimum Gasteiger partial charge on any atom is -0.497 e. The maximum absolute atomic E-state index is 9.56. The molecule has 0 saturated heterocycles. The highest BCUT2D eigenvalue weighted by Crippen LogP contribution is 2.36. The summed E-state index contributed by atoms with van der Waals surface area (Å²) in [7, 11) is 1.70. The SMILES string of the molecule is C/C=C(/c1ccc(OC)cc1)C(CC)c1cc(OC)cc(B(O)O)c1.CC. The van der Waals surface area contributed by atoms with Crippen LogP contribution in [0, 0.1) is 0 Å². The number of hydrogen-bond acceptors (Lipinski definition) is 4. The maximum atomic E-state index is 9.56. The fourth-order valence-electron chi connectivity index (χ4n) is 3.10. The lowest BCUT2D eigenvalue weighted by atomic mass is 9.76. The van der Waals surface area contributed by atoms with E-state index in [9.17, 15) is 10.0 Å². The zero-order valence-electron chi connectivity index (χ0n) is 17.2. The van der Waals surface area contributed by atoms with Gasteiger partial charge in [0.05, 0.1) is 14.2 Å². The van der Waals surface area contributed by atoms with Crippen molar-refractivity contribution in [1.29, 1.82) is 0 Å². The fourth-order valence-corrected chi connectivity index (χ4v) is 3.10. The monoisotopic (exact) mass is 370 g/mol. The first-order valence-electron chi connectivity index (χ1n) is 9.39. The average molecular weight is 370 g/mol. The Morgan fingerprint density at radius 1 is 1.00 bits per heavy atom. The van der Waals surface area contributed by atoms with E-state index < -0.39 is 7.12 Å². The van der Waals surface area contributed by atoms with E-state index in [-0.39, 0.29) is 5.92 Å². The molecule has 0 aromatic heterocycles. The molecule has 0 spiro atoms. The Morgan fingerprint density at radius 3 is 2.04 bits per heavy atom. The summed E-state index contributed by atoms with van der Waals surface area (Å²) in [5, 5.41) is 19.1. The second-order valence-corrected chi connectivity index (χ2v) is 5.85. The molecule has 2 N–H and O–H groups in total. The molecule has 0 bridgehead atoms. The van der Waals surface area contributed by atoms with Gasteiger partial charge in [0.1, 0.15) is 11.5 Å². The van der Waals surface area contributed by atoms with Crippen LogP contribution in [0.4, 0.5) is 0 Å². The fraction of sp³-hybridized carbons (Fsp3) is 0.364. The van der Waals surface area contributed by atoms with Gasteiger partial charge in [0.2, 0.25) is 0 Å². The first-order valence-corrected chi connectivity index (χ1v) is 9.39. The van der Waals surface area contributed by atoms with Crippen molar-refractivity contribution in [1.82, 2.24) is 0 Å². The van der Waals surface area contributed by atoms with Crippen molar-refractivity contribution in [3.8, 4) is 11.5 Å². The second kappa shape index (κ2) is 11.5. The molecule has 0 aliphatic rings. The summed E-state index contributed by atoms with van der Waals surface area (Å²) in [6.07, 6.45) is 2.98. The Bertz CT molecular complexity index is 724. The zero-order chi connectivity index (χ0) is 20.4. The summed E-state index contributed by atoms with van der Waals surface area (Å²) in [6.45, 7) is 8.14. The van der Waals surface area contributed by atoms with Gasteiger partial charge in [0, 0.05) is 5.92 Å². The predicted molar refractivity (Wildman–Crippen MR) is 114 cm³/mol. The normalized spacial score (nSPS) is 11.9. The first-order chi connectivity index (χ1) is 13.0. The van der Waals surface area contributed by atoms with Crippen LogP contribution in [0.2, 0.25) is 0 Å². The van der Waals surface area contributed by atoms with E-state index in [2.05, 4.69) is 13.0 Å². The minimum absolute atomic E-state index is 0.117. The molecule has 146 valence electrons. The van der Waals surface area contributed by atoms with Gasteiger partial charge in [-0.05, 0) is 59.8 Å². The maximum Gasteiger partial charge on any atom is 0.488 e. The first kappa shape index (κ1) is 22.8. The Labute approximate surface area is 163 Å². The molecule has 2 aromatic rings. The molecular formula is C22H31BO4. The smallest absolute Gasteiger partial charge is 0.488 e. The number of allylic oxidation sites excluding steroid dienone is 2. The Morgan fingerprint density at radius 2 is 1.59 bits per heavy atom. The van der Waals surface area contributed by atoms with Crippen molar-refractivity contribution < 1.29 is 19.5 Å². The molecular weight excluding hydrogens is 339 g/mol. The van der Waals surface area contributed by atoms with E-state index in [0.29, 0.717) is 11.2 Å². The lowest BCUT2D eigenvalue weighted by molar-refractivity contribution is 0.411. The molecule has 2 aromatic carbocycles. The molecule has 27 heavy (non-hydrogen) atoms. The molecule has 0 aliphatic heterocycles. The van der Waals surface area contributed by atoms with Gasteiger partial charge in [0.15, 0.2) is 0 Å². The van der Waals surface area contributed by atoms with Crippen LogP contribution in [0.25, 0.3) is 5.57 Å². The third-order valence-electron chi connectivity index (χ3n) is 4.41. The molecule has 2 rings (SSSR count). The highest BCUT2D eigenvalue weighted by Gasteiger charge is 2.20. The van der Waals surface area contributed by atoms with E-state index in [1.165, 1.54) is 5.57 Å². The Balaban J connectivity index is 0.00000176.